The highest BCUT2D eigenvalue weighted by Gasteiger charge is 2.15. The molecule has 0 amide bonds. The van der Waals surface area contributed by atoms with Crippen LogP contribution >= 0.6 is 0 Å². The van der Waals surface area contributed by atoms with Crippen molar-refractivity contribution in [1.29, 1.82) is 0 Å². The molecule has 0 aliphatic rings. The molecule has 0 radical (unpaired) electrons. The molecule has 3 nitrogen and oxygen atoms in total. The van der Waals surface area contributed by atoms with E-state index >= 15 is 0 Å². The fraction of sp³-hybridized carbons (Fsp3) is 0.545. The Hall–Kier alpha value is -1.32. The van der Waals surface area contributed by atoms with Gasteiger partial charge in [0.1, 0.15) is 0 Å². The highest BCUT2D eigenvalue weighted by atomic mass is 19.1. The normalized spacial score (nSPS) is 9.00. The Morgan fingerprint density at radius 2 is 1.60 bits per heavy atom. The zero-order valence-electron chi connectivity index (χ0n) is 10.1. The molecule has 86 valence electrons. The number of hydrogen-bond acceptors (Lipinski definition) is 3. The summed E-state index contributed by atoms with van der Waals surface area (Å²) in [6.07, 6.45) is 0. The van der Waals surface area contributed by atoms with Crippen LogP contribution in [-0.2, 0) is 0 Å². The van der Waals surface area contributed by atoms with Gasteiger partial charge in [-0.1, -0.05) is 13.8 Å². The summed E-state index contributed by atoms with van der Waals surface area (Å²) in [5, 5.41) is 0. The molecular weight excluding hydrogens is 197 g/mol. The fourth-order valence-corrected chi connectivity index (χ4v) is 1.15. The summed E-state index contributed by atoms with van der Waals surface area (Å²) in [6, 6.07) is 0. The van der Waals surface area contributed by atoms with Crippen LogP contribution in [0.1, 0.15) is 25.1 Å². The van der Waals surface area contributed by atoms with E-state index in [1.54, 1.807) is 13.8 Å². The minimum absolute atomic E-state index is 0.198. The van der Waals surface area contributed by atoms with Gasteiger partial charge in [0.2, 0.25) is 5.88 Å². The summed E-state index contributed by atoms with van der Waals surface area (Å²) in [5.74, 6) is 0.168. The van der Waals surface area contributed by atoms with Gasteiger partial charge < -0.3 is 9.47 Å². The molecule has 0 aliphatic heterocycles. The van der Waals surface area contributed by atoms with Crippen LogP contribution in [0, 0.1) is 19.7 Å². The van der Waals surface area contributed by atoms with Crippen LogP contribution in [0.5, 0.6) is 11.6 Å². The van der Waals surface area contributed by atoms with E-state index in [2.05, 4.69) is 4.98 Å². The highest BCUT2D eigenvalue weighted by Crippen LogP contribution is 2.29. The summed E-state index contributed by atoms with van der Waals surface area (Å²) >= 11 is 0. The van der Waals surface area contributed by atoms with Crippen molar-refractivity contribution < 1.29 is 13.9 Å². The number of rotatable bonds is 2. The fourth-order valence-electron chi connectivity index (χ4n) is 1.15. The monoisotopic (exact) mass is 215 g/mol. The average Bonchev–Trinajstić information content (AvgIpc) is 2.27. The number of aryl methyl sites for hydroxylation is 1. The third-order valence-corrected chi connectivity index (χ3v) is 1.85. The summed E-state index contributed by atoms with van der Waals surface area (Å²) in [5.41, 5.74) is 0.854. The predicted octanol–water partition coefficient (Wildman–Crippen LogP) is 2.88. The third-order valence-electron chi connectivity index (χ3n) is 1.85. The molecule has 1 rings (SSSR count). The van der Waals surface area contributed by atoms with Crippen LogP contribution in [0.4, 0.5) is 4.39 Å². The second-order valence-corrected chi connectivity index (χ2v) is 2.68. The summed E-state index contributed by atoms with van der Waals surface area (Å²) in [7, 11) is 2.91. The van der Waals surface area contributed by atoms with E-state index < -0.39 is 5.82 Å². The Labute approximate surface area is 90.2 Å². The maximum absolute atomic E-state index is 13.3. The summed E-state index contributed by atoms with van der Waals surface area (Å²) in [4.78, 5) is 3.92. The van der Waals surface area contributed by atoms with Crippen molar-refractivity contribution >= 4 is 0 Å². The Morgan fingerprint density at radius 3 is 2.00 bits per heavy atom. The zero-order chi connectivity index (χ0) is 12.0. The predicted molar refractivity (Wildman–Crippen MR) is 58.1 cm³/mol. The van der Waals surface area contributed by atoms with Gasteiger partial charge in [0.25, 0.3) is 0 Å². The molecule has 0 saturated heterocycles. The number of pyridine rings is 1. The van der Waals surface area contributed by atoms with Gasteiger partial charge in [-0.05, 0) is 13.8 Å². The van der Waals surface area contributed by atoms with Crippen LogP contribution < -0.4 is 9.47 Å². The number of halogens is 1. The second kappa shape index (κ2) is 6.22. The van der Waals surface area contributed by atoms with E-state index in [9.17, 15) is 4.39 Å². The van der Waals surface area contributed by atoms with Crippen molar-refractivity contribution in [3.8, 4) is 11.6 Å². The van der Waals surface area contributed by atoms with Crippen LogP contribution in [0.15, 0.2) is 0 Å². The van der Waals surface area contributed by atoms with Crippen LogP contribution in [0.25, 0.3) is 0 Å². The van der Waals surface area contributed by atoms with E-state index in [1.165, 1.54) is 14.2 Å². The highest BCUT2D eigenvalue weighted by molar-refractivity contribution is 5.41. The van der Waals surface area contributed by atoms with E-state index in [0.29, 0.717) is 11.4 Å². The van der Waals surface area contributed by atoms with Crippen LogP contribution in [0.3, 0.4) is 0 Å². The first-order valence-electron chi connectivity index (χ1n) is 4.86. The van der Waals surface area contributed by atoms with Gasteiger partial charge in [0.15, 0.2) is 11.6 Å². The van der Waals surface area contributed by atoms with E-state index in [-0.39, 0.29) is 11.4 Å². The van der Waals surface area contributed by atoms with E-state index in [0.717, 1.165) is 0 Å². The van der Waals surface area contributed by atoms with Gasteiger partial charge in [0, 0.05) is 0 Å². The van der Waals surface area contributed by atoms with Crippen LogP contribution in [-0.4, -0.2) is 19.2 Å². The molecular formula is C11H18FNO2. The van der Waals surface area contributed by atoms with Gasteiger partial charge in [-0.15, -0.1) is 0 Å². The summed E-state index contributed by atoms with van der Waals surface area (Å²) in [6.45, 7) is 7.27. The largest absolute Gasteiger partial charge is 0.493 e. The first-order valence-corrected chi connectivity index (χ1v) is 4.86. The minimum Gasteiger partial charge on any atom is -0.493 e. The molecule has 1 aromatic heterocycles. The van der Waals surface area contributed by atoms with Crippen molar-refractivity contribution in [2.24, 2.45) is 0 Å². The van der Waals surface area contributed by atoms with Crippen molar-refractivity contribution in [3.05, 3.63) is 17.1 Å². The number of hydrogen-bond donors (Lipinski definition) is 0. The molecule has 0 fully saturated rings. The molecule has 15 heavy (non-hydrogen) atoms. The van der Waals surface area contributed by atoms with Crippen molar-refractivity contribution in [3.63, 3.8) is 0 Å². The third kappa shape index (κ3) is 2.81. The van der Waals surface area contributed by atoms with Crippen molar-refractivity contribution in [2.75, 3.05) is 14.2 Å². The molecule has 1 aromatic rings. The first kappa shape index (κ1) is 13.7. The van der Waals surface area contributed by atoms with E-state index in [1.807, 2.05) is 13.8 Å². The van der Waals surface area contributed by atoms with Gasteiger partial charge >= 0.3 is 0 Å². The minimum atomic E-state index is -0.430. The Morgan fingerprint density at radius 1 is 1.07 bits per heavy atom. The quantitative estimate of drug-likeness (QED) is 0.760. The first-order chi connectivity index (χ1) is 7.11. The maximum Gasteiger partial charge on any atom is 0.220 e. The number of nitrogens with zero attached hydrogens (tertiary/aromatic N) is 1. The standard InChI is InChI=1S/C9H12FNO2.C2H6/c1-5-8(12-3)7(10)6(2)11-9(5)13-4;1-2/h1-4H3;1-2H3. The Balaban J connectivity index is 0.000000921. The lowest BCUT2D eigenvalue weighted by molar-refractivity contribution is 0.356. The molecule has 0 atom stereocenters. The smallest absolute Gasteiger partial charge is 0.220 e. The van der Waals surface area contributed by atoms with Crippen molar-refractivity contribution in [2.45, 2.75) is 27.7 Å². The SMILES string of the molecule is CC.COc1nc(C)c(F)c(OC)c1C. The van der Waals surface area contributed by atoms with Gasteiger partial charge in [0.05, 0.1) is 25.5 Å². The molecule has 0 aliphatic carbocycles. The molecule has 0 aromatic carbocycles. The average molecular weight is 215 g/mol. The summed E-state index contributed by atoms with van der Waals surface area (Å²) < 4.78 is 23.2. The topological polar surface area (TPSA) is 31.4 Å². The van der Waals surface area contributed by atoms with Gasteiger partial charge in [-0.2, -0.15) is 0 Å². The second-order valence-electron chi connectivity index (χ2n) is 2.68. The van der Waals surface area contributed by atoms with Crippen molar-refractivity contribution in [1.82, 2.24) is 4.98 Å². The van der Waals surface area contributed by atoms with Crippen LogP contribution in [0.2, 0.25) is 0 Å². The molecule has 1 heterocycles. The Kier molecular flexibility index (Phi) is 5.67. The molecule has 0 spiro atoms. The lowest BCUT2D eigenvalue weighted by Crippen LogP contribution is -2.01. The number of ether oxygens (including phenoxy) is 2. The molecule has 0 unspecified atom stereocenters. The molecule has 0 bridgehead atoms. The lowest BCUT2D eigenvalue weighted by Gasteiger charge is -2.10. The van der Waals surface area contributed by atoms with Gasteiger partial charge in [-0.3, -0.25) is 0 Å². The molecule has 4 heteroatoms. The zero-order valence-corrected chi connectivity index (χ0v) is 10.1. The lowest BCUT2D eigenvalue weighted by atomic mass is 10.2. The number of aromatic nitrogens is 1. The van der Waals surface area contributed by atoms with Gasteiger partial charge in [-0.25, -0.2) is 9.37 Å². The Bertz CT molecular complexity index is 327. The molecule has 0 N–H and O–H groups in total. The maximum atomic E-state index is 13.3. The number of methoxy groups -OCH3 is 2. The molecule has 0 saturated carbocycles. The van der Waals surface area contributed by atoms with E-state index in [4.69, 9.17) is 9.47 Å².